The van der Waals surface area contributed by atoms with Gasteiger partial charge in [-0.05, 0) is 62.6 Å². The normalized spacial score (nSPS) is 10.2. The van der Waals surface area contributed by atoms with E-state index < -0.39 is 5.97 Å². The van der Waals surface area contributed by atoms with Gasteiger partial charge in [-0.25, -0.2) is 4.79 Å². The van der Waals surface area contributed by atoms with Crippen LogP contribution in [0.3, 0.4) is 0 Å². The number of hydrogen-bond donors (Lipinski definition) is 1. The van der Waals surface area contributed by atoms with Gasteiger partial charge in [0.25, 0.3) is 5.91 Å². The number of para-hydroxylation sites is 1. The Morgan fingerprint density at radius 2 is 1.68 bits per heavy atom. The fourth-order valence-electron chi connectivity index (χ4n) is 2.40. The predicted octanol–water partition coefficient (Wildman–Crippen LogP) is 3.81. The van der Waals surface area contributed by atoms with Crippen LogP contribution in [0, 0.1) is 20.8 Å². The van der Waals surface area contributed by atoms with Crippen LogP contribution in [0.5, 0.6) is 5.75 Å². The third kappa shape index (κ3) is 4.83. The zero-order valence-corrected chi connectivity index (χ0v) is 15.0. The lowest BCUT2D eigenvalue weighted by Gasteiger charge is -2.13. The summed E-state index contributed by atoms with van der Waals surface area (Å²) in [6, 6.07) is 10.7. The van der Waals surface area contributed by atoms with E-state index in [2.05, 4.69) is 5.32 Å². The minimum absolute atomic E-state index is 0.138. The van der Waals surface area contributed by atoms with Gasteiger partial charge in [0.1, 0.15) is 5.75 Å². The molecule has 0 radical (unpaired) electrons. The number of anilines is 1. The second-order valence-electron chi connectivity index (χ2n) is 5.80. The molecule has 2 aromatic rings. The number of esters is 1. The summed E-state index contributed by atoms with van der Waals surface area (Å²) in [4.78, 5) is 24.1. The Bertz CT molecular complexity index is 783. The van der Waals surface area contributed by atoms with E-state index in [0.29, 0.717) is 17.0 Å². The molecule has 1 N–H and O–H groups in total. The van der Waals surface area contributed by atoms with E-state index in [9.17, 15) is 9.59 Å². The smallest absolute Gasteiger partial charge is 0.340 e. The maximum absolute atomic E-state index is 12.2. The zero-order chi connectivity index (χ0) is 18.4. The summed E-state index contributed by atoms with van der Waals surface area (Å²) >= 11 is 0. The van der Waals surface area contributed by atoms with Gasteiger partial charge in [0.2, 0.25) is 0 Å². The molecule has 1 amide bonds. The summed E-state index contributed by atoms with van der Waals surface area (Å²) in [5.74, 6) is -0.129. The van der Waals surface area contributed by atoms with Crippen molar-refractivity contribution < 1.29 is 19.1 Å². The quantitative estimate of drug-likeness (QED) is 0.812. The van der Waals surface area contributed by atoms with Crippen LogP contribution in [-0.4, -0.2) is 25.1 Å². The summed E-state index contributed by atoms with van der Waals surface area (Å²) in [5, 5.41) is 2.70. The van der Waals surface area contributed by atoms with Crippen molar-refractivity contribution in [1.82, 2.24) is 0 Å². The van der Waals surface area contributed by atoms with Crippen molar-refractivity contribution >= 4 is 17.6 Å². The van der Waals surface area contributed by atoms with E-state index in [4.69, 9.17) is 9.47 Å². The molecular weight excluding hydrogens is 318 g/mol. The summed E-state index contributed by atoms with van der Waals surface area (Å²) in [7, 11) is 0. The highest BCUT2D eigenvalue weighted by molar-refractivity contribution is 6.01. The van der Waals surface area contributed by atoms with Crippen molar-refractivity contribution in [3.63, 3.8) is 0 Å². The van der Waals surface area contributed by atoms with Gasteiger partial charge >= 0.3 is 5.97 Å². The molecular formula is C20H23NO4. The minimum atomic E-state index is -0.468. The van der Waals surface area contributed by atoms with Crippen molar-refractivity contribution in [2.24, 2.45) is 0 Å². The van der Waals surface area contributed by atoms with Crippen LogP contribution in [0.15, 0.2) is 36.4 Å². The lowest BCUT2D eigenvalue weighted by Crippen LogP contribution is -2.22. The highest BCUT2D eigenvalue weighted by Gasteiger charge is 2.14. The number of hydrogen-bond acceptors (Lipinski definition) is 4. The summed E-state index contributed by atoms with van der Waals surface area (Å²) in [5.41, 5.74) is 3.99. The Hall–Kier alpha value is -2.82. The van der Waals surface area contributed by atoms with E-state index in [-0.39, 0.29) is 19.1 Å². The van der Waals surface area contributed by atoms with Crippen LogP contribution in [0.2, 0.25) is 0 Å². The molecule has 0 heterocycles. The number of amides is 1. The average molecular weight is 341 g/mol. The first-order valence-electron chi connectivity index (χ1n) is 8.19. The summed E-state index contributed by atoms with van der Waals surface area (Å²) < 4.78 is 10.6. The van der Waals surface area contributed by atoms with Gasteiger partial charge in [0.05, 0.1) is 17.9 Å². The number of carbonyl (C=O) groups excluding carboxylic acids is 2. The zero-order valence-electron chi connectivity index (χ0n) is 15.0. The van der Waals surface area contributed by atoms with Crippen LogP contribution in [0.1, 0.15) is 34.0 Å². The van der Waals surface area contributed by atoms with Crippen molar-refractivity contribution in [2.75, 3.05) is 18.5 Å². The number of rotatable bonds is 6. The van der Waals surface area contributed by atoms with Crippen LogP contribution in [-0.2, 0) is 9.53 Å². The van der Waals surface area contributed by atoms with Gasteiger partial charge in [0, 0.05) is 0 Å². The third-order valence-electron chi connectivity index (χ3n) is 3.85. The molecule has 0 aliphatic carbocycles. The Balaban J connectivity index is 2.04. The number of ether oxygens (including phenoxy) is 2. The Morgan fingerprint density at radius 1 is 1.00 bits per heavy atom. The number of nitrogens with one attached hydrogen (secondary N) is 1. The van der Waals surface area contributed by atoms with Crippen molar-refractivity contribution in [3.05, 3.63) is 58.7 Å². The van der Waals surface area contributed by atoms with E-state index in [1.807, 2.05) is 32.9 Å². The third-order valence-corrected chi connectivity index (χ3v) is 3.85. The second kappa shape index (κ2) is 8.33. The fourth-order valence-corrected chi connectivity index (χ4v) is 2.40. The molecule has 5 nitrogen and oxygen atoms in total. The molecule has 2 aromatic carbocycles. The topological polar surface area (TPSA) is 64.6 Å². The van der Waals surface area contributed by atoms with E-state index in [1.165, 1.54) is 5.56 Å². The van der Waals surface area contributed by atoms with Crippen LogP contribution in [0.25, 0.3) is 0 Å². The molecule has 132 valence electrons. The lowest BCUT2D eigenvalue weighted by atomic mass is 10.1. The molecule has 0 spiro atoms. The van der Waals surface area contributed by atoms with Gasteiger partial charge in [-0.15, -0.1) is 0 Å². The van der Waals surface area contributed by atoms with Gasteiger partial charge < -0.3 is 14.8 Å². The summed E-state index contributed by atoms with van der Waals surface area (Å²) in [6.45, 7) is 7.84. The van der Waals surface area contributed by atoms with Gasteiger partial charge in [0.15, 0.2) is 6.61 Å². The molecule has 0 atom stereocenters. The average Bonchev–Trinajstić information content (AvgIpc) is 2.57. The molecule has 0 aliphatic heterocycles. The van der Waals surface area contributed by atoms with Gasteiger partial charge in [-0.2, -0.15) is 0 Å². The fraction of sp³-hybridized carbons (Fsp3) is 0.300. The van der Waals surface area contributed by atoms with Gasteiger partial charge in [-0.3, -0.25) is 4.79 Å². The van der Waals surface area contributed by atoms with Crippen molar-refractivity contribution in [2.45, 2.75) is 27.7 Å². The molecule has 0 saturated carbocycles. The van der Waals surface area contributed by atoms with E-state index in [0.717, 1.165) is 11.1 Å². The molecule has 0 aliphatic rings. The van der Waals surface area contributed by atoms with Crippen LogP contribution < -0.4 is 10.1 Å². The molecule has 0 bridgehead atoms. The first kappa shape index (κ1) is 18.5. The molecule has 25 heavy (non-hydrogen) atoms. The first-order valence-corrected chi connectivity index (χ1v) is 8.19. The molecule has 0 fully saturated rings. The highest BCUT2D eigenvalue weighted by Crippen LogP contribution is 2.22. The van der Waals surface area contributed by atoms with Crippen LogP contribution >= 0.6 is 0 Å². The Labute approximate surface area is 148 Å². The first-order chi connectivity index (χ1) is 11.9. The molecule has 0 aromatic heterocycles. The van der Waals surface area contributed by atoms with E-state index >= 15 is 0 Å². The monoisotopic (exact) mass is 341 g/mol. The van der Waals surface area contributed by atoms with Gasteiger partial charge in [-0.1, -0.05) is 18.2 Å². The number of aryl methyl sites for hydroxylation is 3. The number of benzene rings is 2. The lowest BCUT2D eigenvalue weighted by molar-refractivity contribution is -0.118. The molecule has 0 saturated heterocycles. The minimum Gasteiger partial charge on any atom is -0.483 e. The highest BCUT2D eigenvalue weighted by atomic mass is 16.5. The molecule has 2 rings (SSSR count). The second-order valence-corrected chi connectivity index (χ2v) is 5.80. The standard InChI is InChI=1S/C20H23NO4/c1-5-24-20(23)16-8-6-7-9-17(16)21-19(22)12-25-18-11-14(3)13(2)10-15(18)4/h6-11H,5,12H2,1-4H3,(H,21,22). The summed E-state index contributed by atoms with van der Waals surface area (Å²) in [6.07, 6.45) is 0. The molecule has 0 unspecified atom stereocenters. The van der Waals surface area contributed by atoms with Crippen LogP contribution in [0.4, 0.5) is 5.69 Å². The SMILES string of the molecule is CCOC(=O)c1ccccc1NC(=O)COc1cc(C)c(C)cc1C. The maximum atomic E-state index is 12.2. The largest absolute Gasteiger partial charge is 0.483 e. The Morgan fingerprint density at radius 3 is 2.40 bits per heavy atom. The maximum Gasteiger partial charge on any atom is 0.340 e. The van der Waals surface area contributed by atoms with E-state index in [1.54, 1.807) is 31.2 Å². The Kier molecular flexibility index (Phi) is 6.17. The predicted molar refractivity (Wildman–Crippen MR) is 97.2 cm³/mol. The van der Waals surface area contributed by atoms with Crippen molar-refractivity contribution in [1.29, 1.82) is 0 Å². The molecule has 5 heteroatoms. The number of carbonyl (C=O) groups is 2. The van der Waals surface area contributed by atoms with Crippen molar-refractivity contribution in [3.8, 4) is 5.75 Å².